The first-order valence-corrected chi connectivity index (χ1v) is 10.9. The molecule has 180 valence electrons. The molecule has 0 aromatic heterocycles. The molecule has 2 N–H and O–H groups in total. The van der Waals surface area contributed by atoms with Gasteiger partial charge >= 0.3 is 12.2 Å². The van der Waals surface area contributed by atoms with Crippen LogP contribution in [-0.4, -0.2) is 54.2 Å². The zero-order valence-electron chi connectivity index (χ0n) is 18.7. The minimum Gasteiger partial charge on any atom is -0.385 e. The highest BCUT2D eigenvalue weighted by atomic mass is 19.4. The average molecular weight is 468 g/mol. The summed E-state index contributed by atoms with van der Waals surface area (Å²) in [6, 6.07) is 10.5. The zero-order chi connectivity index (χ0) is 24.2. The van der Waals surface area contributed by atoms with E-state index in [1.165, 1.54) is 0 Å². The van der Waals surface area contributed by atoms with Crippen LogP contribution in [0.25, 0.3) is 0 Å². The van der Waals surface area contributed by atoms with Gasteiger partial charge in [0.2, 0.25) is 0 Å². The number of urea groups is 1. The molecule has 1 aliphatic rings. The third kappa shape index (κ3) is 6.45. The Balaban J connectivity index is 1.75. The molecule has 5 nitrogen and oxygen atoms in total. The van der Waals surface area contributed by atoms with Crippen molar-refractivity contribution in [1.82, 2.24) is 9.80 Å². The fourth-order valence-corrected chi connectivity index (χ4v) is 4.21. The molecule has 1 saturated carbocycles. The van der Waals surface area contributed by atoms with Crippen LogP contribution in [0.5, 0.6) is 0 Å². The smallest absolute Gasteiger partial charge is 0.385 e. The molecule has 1 fully saturated rings. The van der Waals surface area contributed by atoms with Crippen LogP contribution in [0.15, 0.2) is 48.5 Å². The van der Waals surface area contributed by atoms with Gasteiger partial charge < -0.3 is 20.2 Å². The van der Waals surface area contributed by atoms with Crippen LogP contribution < -0.4 is 5.32 Å². The minimum atomic E-state index is -4.72. The lowest BCUT2D eigenvalue weighted by atomic mass is 9.77. The summed E-state index contributed by atoms with van der Waals surface area (Å²) in [5, 5.41) is 13.5. The first-order valence-electron chi connectivity index (χ1n) is 10.9. The fraction of sp³-hybridized carbons (Fsp3) is 0.458. The maximum atomic E-state index is 13.8. The number of rotatable bonds is 6. The number of carbonyl (C=O) groups is 1. The van der Waals surface area contributed by atoms with Gasteiger partial charge in [-0.05, 0) is 63.5 Å². The number of hydrogen-bond donors (Lipinski definition) is 2. The Kier molecular flexibility index (Phi) is 7.64. The first-order chi connectivity index (χ1) is 15.5. The van der Waals surface area contributed by atoms with Crippen molar-refractivity contribution in [2.75, 3.05) is 32.5 Å². The zero-order valence-corrected chi connectivity index (χ0v) is 18.7. The minimum absolute atomic E-state index is 0.204. The molecule has 0 radical (unpaired) electrons. The van der Waals surface area contributed by atoms with E-state index in [4.69, 9.17) is 0 Å². The maximum absolute atomic E-state index is 13.8. The second kappa shape index (κ2) is 10.1. The van der Waals surface area contributed by atoms with Gasteiger partial charge in [0, 0.05) is 24.8 Å². The molecule has 0 heterocycles. The molecule has 33 heavy (non-hydrogen) atoms. The quantitative estimate of drug-likeness (QED) is 0.584. The molecule has 0 aliphatic heterocycles. The number of carbonyl (C=O) groups excluding carboxylic acids is 1. The van der Waals surface area contributed by atoms with Crippen LogP contribution in [0, 0.1) is 5.82 Å². The number of amides is 2. The van der Waals surface area contributed by atoms with E-state index >= 15 is 0 Å². The Morgan fingerprint density at radius 3 is 2.30 bits per heavy atom. The summed E-state index contributed by atoms with van der Waals surface area (Å²) >= 11 is 0. The van der Waals surface area contributed by atoms with Gasteiger partial charge in [0.15, 0.2) is 0 Å². The van der Waals surface area contributed by atoms with Crippen LogP contribution in [0.3, 0.4) is 0 Å². The van der Waals surface area contributed by atoms with Crippen molar-refractivity contribution in [1.29, 1.82) is 0 Å². The number of benzene rings is 2. The van der Waals surface area contributed by atoms with Gasteiger partial charge in [0.25, 0.3) is 0 Å². The summed E-state index contributed by atoms with van der Waals surface area (Å²) in [6.07, 6.45) is -2.76. The average Bonchev–Trinajstić information content (AvgIpc) is 2.74. The Morgan fingerprint density at radius 2 is 1.73 bits per heavy atom. The maximum Gasteiger partial charge on any atom is 0.416 e. The molecular formula is C24H29F4N3O2. The lowest BCUT2D eigenvalue weighted by Gasteiger charge is -2.41. The largest absolute Gasteiger partial charge is 0.416 e. The van der Waals surface area contributed by atoms with E-state index in [-0.39, 0.29) is 11.7 Å². The van der Waals surface area contributed by atoms with Gasteiger partial charge in [-0.15, -0.1) is 0 Å². The van der Waals surface area contributed by atoms with Crippen molar-refractivity contribution in [3.63, 3.8) is 0 Å². The molecule has 0 atom stereocenters. The number of halogens is 4. The molecule has 2 aromatic carbocycles. The number of aliphatic hydroxyl groups is 1. The van der Waals surface area contributed by atoms with E-state index in [0.717, 1.165) is 17.7 Å². The molecule has 3 rings (SSSR count). The first kappa shape index (κ1) is 25.0. The molecule has 2 aromatic rings. The van der Waals surface area contributed by atoms with Gasteiger partial charge in [0.1, 0.15) is 5.82 Å². The number of alkyl halides is 3. The normalized spacial score (nSPS) is 21.2. The second-order valence-corrected chi connectivity index (χ2v) is 8.78. The van der Waals surface area contributed by atoms with Gasteiger partial charge in [-0.2, -0.15) is 13.2 Å². The molecule has 0 spiro atoms. The van der Waals surface area contributed by atoms with Gasteiger partial charge in [-0.1, -0.05) is 30.3 Å². The Labute approximate surface area is 191 Å². The topological polar surface area (TPSA) is 55.8 Å². The lowest BCUT2D eigenvalue weighted by Crippen LogP contribution is -2.49. The van der Waals surface area contributed by atoms with Gasteiger partial charge in [-0.25, -0.2) is 9.18 Å². The van der Waals surface area contributed by atoms with Crippen LogP contribution in [0.1, 0.15) is 36.8 Å². The highest BCUT2D eigenvalue weighted by molar-refractivity contribution is 5.89. The summed E-state index contributed by atoms with van der Waals surface area (Å²) < 4.78 is 52.9. The SMILES string of the molecule is CN(C)CCN(C(=O)Nc1cc(F)cc(C(F)(F)F)c1)C1CCC(O)(c2ccccc2)CC1. The van der Waals surface area contributed by atoms with Crippen LogP contribution in [0.4, 0.5) is 28.0 Å². The third-order valence-electron chi connectivity index (χ3n) is 6.06. The molecule has 0 bridgehead atoms. The summed E-state index contributed by atoms with van der Waals surface area (Å²) in [5.41, 5.74) is -1.57. The van der Waals surface area contributed by atoms with Crippen molar-refractivity contribution in [3.05, 3.63) is 65.5 Å². The number of anilines is 1. The van der Waals surface area contributed by atoms with Crippen LogP contribution in [-0.2, 0) is 11.8 Å². The van der Waals surface area contributed by atoms with Crippen molar-refractivity contribution >= 4 is 11.7 Å². The predicted octanol–water partition coefficient (Wildman–Crippen LogP) is 5.07. The monoisotopic (exact) mass is 467 g/mol. The van der Waals surface area contributed by atoms with Crippen molar-refractivity contribution in [2.24, 2.45) is 0 Å². The Bertz CT molecular complexity index is 942. The van der Waals surface area contributed by atoms with E-state index in [1.54, 1.807) is 4.90 Å². The number of nitrogens with zero attached hydrogens (tertiary/aromatic N) is 2. The van der Waals surface area contributed by atoms with Crippen molar-refractivity contribution in [3.8, 4) is 0 Å². The molecule has 0 unspecified atom stereocenters. The molecule has 2 amide bonds. The Morgan fingerprint density at radius 1 is 1.09 bits per heavy atom. The molecule has 0 saturated heterocycles. The third-order valence-corrected chi connectivity index (χ3v) is 6.06. The molecule has 9 heteroatoms. The molecular weight excluding hydrogens is 438 g/mol. The van der Waals surface area contributed by atoms with Crippen LogP contribution >= 0.6 is 0 Å². The Hall–Kier alpha value is -2.65. The van der Waals surface area contributed by atoms with Crippen molar-refractivity contribution in [2.45, 2.75) is 43.5 Å². The summed E-state index contributed by atoms with van der Waals surface area (Å²) in [5.74, 6) is -1.08. The van der Waals surface area contributed by atoms with E-state index in [2.05, 4.69) is 5.32 Å². The van der Waals surface area contributed by atoms with E-state index in [0.29, 0.717) is 44.8 Å². The molecule has 1 aliphatic carbocycles. The summed E-state index contributed by atoms with van der Waals surface area (Å²) in [4.78, 5) is 16.5. The predicted molar refractivity (Wildman–Crippen MR) is 118 cm³/mol. The van der Waals surface area contributed by atoms with Crippen LogP contribution in [0.2, 0.25) is 0 Å². The summed E-state index contributed by atoms with van der Waals surface area (Å²) in [7, 11) is 3.71. The van der Waals surface area contributed by atoms with E-state index < -0.39 is 29.2 Å². The van der Waals surface area contributed by atoms with E-state index in [9.17, 15) is 27.5 Å². The van der Waals surface area contributed by atoms with E-state index in [1.807, 2.05) is 49.3 Å². The standard InChI is InChI=1S/C24H29F4N3O2/c1-30(2)12-13-31(21-8-10-23(33,11-9-21)17-6-4-3-5-7-17)22(32)29-20-15-18(24(26,27)28)14-19(25)16-20/h3-7,14-16,21,33H,8-13H2,1-2H3,(H,29,32). The van der Waals surface area contributed by atoms with Gasteiger partial charge in [-0.3, -0.25) is 0 Å². The van der Waals surface area contributed by atoms with Gasteiger partial charge in [0.05, 0.1) is 11.2 Å². The number of likely N-dealkylation sites (N-methyl/N-ethyl adjacent to an activating group) is 1. The van der Waals surface area contributed by atoms with Crippen molar-refractivity contribution < 1.29 is 27.5 Å². The lowest BCUT2D eigenvalue weighted by molar-refractivity contribution is -0.137. The second-order valence-electron chi connectivity index (χ2n) is 8.78. The fourth-order valence-electron chi connectivity index (χ4n) is 4.21. The highest BCUT2D eigenvalue weighted by Gasteiger charge is 2.38. The highest BCUT2D eigenvalue weighted by Crippen LogP contribution is 2.39. The number of nitrogens with one attached hydrogen (secondary N) is 1. The number of hydrogen-bond acceptors (Lipinski definition) is 3. The summed E-state index contributed by atoms with van der Waals surface area (Å²) in [6.45, 7) is 0.887.